The molecule has 0 fully saturated rings. The Bertz CT molecular complexity index is 640. The summed E-state index contributed by atoms with van der Waals surface area (Å²) in [6, 6.07) is 10.2. The minimum absolute atomic E-state index is 0.0490. The second kappa shape index (κ2) is 4.58. The summed E-state index contributed by atoms with van der Waals surface area (Å²) >= 11 is 0. The van der Waals surface area contributed by atoms with E-state index in [0.717, 1.165) is 16.7 Å². The molecule has 4 nitrogen and oxygen atoms in total. The summed E-state index contributed by atoms with van der Waals surface area (Å²) in [5, 5.41) is 4.44. The Morgan fingerprint density at radius 3 is 2.83 bits per heavy atom. The van der Waals surface area contributed by atoms with Gasteiger partial charge in [-0.2, -0.15) is 0 Å². The van der Waals surface area contributed by atoms with Crippen molar-refractivity contribution in [1.29, 1.82) is 0 Å². The van der Waals surface area contributed by atoms with Crippen LogP contribution in [0.25, 0.3) is 10.9 Å². The molecule has 1 atom stereocenters. The van der Waals surface area contributed by atoms with E-state index in [-0.39, 0.29) is 6.04 Å². The van der Waals surface area contributed by atoms with Crippen LogP contribution in [0.1, 0.15) is 17.4 Å². The molecule has 0 aliphatic carbocycles. The van der Waals surface area contributed by atoms with E-state index in [1.165, 1.54) is 5.56 Å². The summed E-state index contributed by atoms with van der Waals surface area (Å²) in [6.07, 6.45) is 5.42. The zero-order valence-corrected chi connectivity index (χ0v) is 10.1. The molecule has 0 saturated carbocycles. The maximum Gasteiger partial charge on any atom is 0.127 e. The molecule has 0 radical (unpaired) electrons. The smallest absolute Gasteiger partial charge is 0.127 e. The van der Waals surface area contributed by atoms with Crippen LogP contribution in [0.5, 0.6) is 0 Å². The Balaban J connectivity index is 2.18. The molecule has 0 aliphatic heterocycles. The summed E-state index contributed by atoms with van der Waals surface area (Å²) < 4.78 is 0. The van der Waals surface area contributed by atoms with E-state index in [0.29, 0.717) is 0 Å². The average Bonchev–Trinajstić information content (AvgIpc) is 2.94. The largest absolute Gasteiger partial charge is 0.347 e. The van der Waals surface area contributed by atoms with Crippen LogP contribution in [-0.2, 0) is 0 Å². The van der Waals surface area contributed by atoms with Gasteiger partial charge in [-0.3, -0.25) is 4.98 Å². The summed E-state index contributed by atoms with van der Waals surface area (Å²) in [4.78, 5) is 11.9. The summed E-state index contributed by atoms with van der Waals surface area (Å²) in [5.74, 6) is 0.911. The molecule has 3 aromatic rings. The molecule has 1 aromatic carbocycles. The molecular formula is C14H14N4. The highest BCUT2D eigenvalue weighted by Gasteiger charge is 2.16. The number of aromatic nitrogens is 3. The first-order valence-corrected chi connectivity index (χ1v) is 5.90. The van der Waals surface area contributed by atoms with Crippen molar-refractivity contribution < 1.29 is 0 Å². The number of fused-ring (bicyclic) bond motifs is 1. The van der Waals surface area contributed by atoms with Gasteiger partial charge >= 0.3 is 0 Å². The number of hydrogen-bond acceptors (Lipinski definition) is 3. The van der Waals surface area contributed by atoms with Gasteiger partial charge in [0.25, 0.3) is 0 Å². The van der Waals surface area contributed by atoms with Crippen LogP contribution in [0.3, 0.4) is 0 Å². The highest BCUT2D eigenvalue weighted by Crippen LogP contribution is 2.25. The predicted molar refractivity (Wildman–Crippen MR) is 71.2 cm³/mol. The second-order valence-electron chi connectivity index (χ2n) is 4.11. The van der Waals surface area contributed by atoms with Crippen molar-refractivity contribution in [3.05, 3.63) is 60.3 Å². The van der Waals surface area contributed by atoms with Gasteiger partial charge in [0.05, 0.1) is 11.6 Å². The number of pyridine rings is 1. The average molecular weight is 238 g/mol. The summed E-state index contributed by atoms with van der Waals surface area (Å²) in [6.45, 7) is 0. The van der Waals surface area contributed by atoms with Crippen LogP contribution in [0.2, 0.25) is 0 Å². The Labute approximate surface area is 105 Å². The van der Waals surface area contributed by atoms with E-state index in [1.54, 1.807) is 6.20 Å². The molecule has 0 saturated heterocycles. The molecule has 0 amide bonds. The fourth-order valence-corrected chi connectivity index (χ4v) is 2.25. The Kier molecular flexibility index (Phi) is 2.78. The standard InChI is InChI=1S/C14H14N4/c1-15-13(14-17-8-9-18-14)11-4-2-6-12-10(11)5-3-7-16-12/h2-9,13,15H,1H3,(H,17,18). The Morgan fingerprint density at radius 2 is 2.06 bits per heavy atom. The highest BCUT2D eigenvalue weighted by atomic mass is 15.0. The Hall–Kier alpha value is -2.20. The number of hydrogen-bond donors (Lipinski definition) is 2. The van der Waals surface area contributed by atoms with Gasteiger partial charge in [0.1, 0.15) is 5.82 Å². The van der Waals surface area contributed by atoms with Crippen molar-refractivity contribution in [3.63, 3.8) is 0 Å². The molecule has 0 spiro atoms. The van der Waals surface area contributed by atoms with E-state index >= 15 is 0 Å². The van der Waals surface area contributed by atoms with Crippen molar-refractivity contribution in [2.24, 2.45) is 0 Å². The number of imidazole rings is 1. The number of nitrogens with zero attached hydrogens (tertiary/aromatic N) is 2. The van der Waals surface area contributed by atoms with E-state index in [2.05, 4.69) is 32.4 Å². The third-order valence-electron chi connectivity index (χ3n) is 3.07. The zero-order valence-electron chi connectivity index (χ0n) is 10.1. The third-order valence-corrected chi connectivity index (χ3v) is 3.07. The van der Waals surface area contributed by atoms with Crippen LogP contribution in [0, 0.1) is 0 Å². The SMILES string of the molecule is CNC(c1ncc[nH]1)c1cccc2ncccc12. The second-order valence-corrected chi connectivity index (χ2v) is 4.11. The number of nitrogens with one attached hydrogen (secondary N) is 2. The fraction of sp³-hybridized carbons (Fsp3) is 0.143. The van der Waals surface area contributed by atoms with Gasteiger partial charge in [0.15, 0.2) is 0 Å². The lowest BCUT2D eigenvalue weighted by molar-refractivity contribution is 0.659. The lowest BCUT2D eigenvalue weighted by Crippen LogP contribution is -2.19. The van der Waals surface area contributed by atoms with Gasteiger partial charge < -0.3 is 10.3 Å². The van der Waals surface area contributed by atoms with Gasteiger partial charge in [-0.15, -0.1) is 0 Å². The maximum atomic E-state index is 4.38. The topological polar surface area (TPSA) is 53.6 Å². The lowest BCUT2D eigenvalue weighted by atomic mass is 10.0. The van der Waals surface area contributed by atoms with E-state index in [9.17, 15) is 0 Å². The molecule has 2 N–H and O–H groups in total. The van der Waals surface area contributed by atoms with Gasteiger partial charge in [0.2, 0.25) is 0 Å². The minimum Gasteiger partial charge on any atom is -0.347 e. The van der Waals surface area contributed by atoms with E-state index < -0.39 is 0 Å². The first-order chi connectivity index (χ1) is 8.90. The Morgan fingerprint density at radius 1 is 1.11 bits per heavy atom. The summed E-state index contributed by atoms with van der Waals surface area (Å²) in [7, 11) is 1.93. The highest BCUT2D eigenvalue weighted by molar-refractivity contribution is 5.82. The summed E-state index contributed by atoms with van der Waals surface area (Å²) in [5.41, 5.74) is 2.18. The lowest BCUT2D eigenvalue weighted by Gasteiger charge is -2.16. The van der Waals surface area contributed by atoms with Gasteiger partial charge in [-0.05, 0) is 24.7 Å². The molecule has 18 heavy (non-hydrogen) atoms. The molecule has 0 bridgehead atoms. The molecule has 2 aromatic heterocycles. The molecule has 3 rings (SSSR count). The van der Waals surface area contributed by atoms with Gasteiger partial charge in [-0.1, -0.05) is 18.2 Å². The molecule has 1 unspecified atom stereocenters. The molecule has 2 heterocycles. The van der Waals surface area contributed by atoms with Crippen LogP contribution in [0.15, 0.2) is 48.9 Å². The van der Waals surface area contributed by atoms with Crippen molar-refractivity contribution in [1.82, 2.24) is 20.3 Å². The van der Waals surface area contributed by atoms with Crippen LogP contribution in [0.4, 0.5) is 0 Å². The van der Waals surface area contributed by atoms with Crippen molar-refractivity contribution in [2.75, 3.05) is 7.05 Å². The van der Waals surface area contributed by atoms with Crippen LogP contribution < -0.4 is 5.32 Å². The number of benzene rings is 1. The monoisotopic (exact) mass is 238 g/mol. The van der Waals surface area contributed by atoms with Crippen molar-refractivity contribution in [2.45, 2.75) is 6.04 Å². The van der Waals surface area contributed by atoms with E-state index in [1.807, 2.05) is 37.6 Å². The molecule has 0 aliphatic rings. The zero-order chi connectivity index (χ0) is 12.4. The van der Waals surface area contributed by atoms with Crippen molar-refractivity contribution >= 4 is 10.9 Å². The predicted octanol–water partition coefficient (Wildman–Crippen LogP) is 2.27. The number of H-pyrrole nitrogens is 1. The van der Waals surface area contributed by atoms with Crippen LogP contribution in [-0.4, -0.2) is 22.0 Å². The fourth-order valence-electron chi connectivity index (χ4n) is 2.25. The molecule has 4 heteroatoms. The van der Waals surface area contributed by atoms with Crippen LogP contribution >= 0.6 is 0 Å². The minimum atomic E-state index is 0.0490. The molecular weight excluding hydrogens is 224 g/mol. The van der Waals surface area contributed by atoms with Crippen molar-refractivity contribution in [3.8, 4) is 0 Å². The van der Waals surface area contributed by atoms with Gasteiger partial charge in [-0.25, -0.2) is 4.98 Å². The quantitative estimate of drug-likeness (QED) is 0.736. The molecule has 90 valence electrons. The normalized spacial score (nSPS) is 12.7. The van der Waals surface area contributed by atoms with E-state index in [4.69, 9.17) is 0 Å². The number of aromatic amines is 1. The first-order valence-electron chi connectivity index (χ1n) is 5.90. The third kappa shape index (κ3) is 1.76. The van der Waals surface area contributed by atoms with Gasteiger partial charge in [0, 0.05) is 24.0 Å². The first kappa shape index (κ1) is 10.9. The maximum absolute atomic E-state index is 4.38. The number of rotatable bonds is 3.